The van der Waals surface area contributed by atoms with Crippen LogP contribution in [0.1, 0.15) is 30.5 Å². The van der Waals surface area contributed by atoms with Gasteiger partial charge in [-0.3, -0.25) is 0 Å². The van der Waals surface area contributed by atoms with Gasteiger partial charge in [-0.15, -0.1) is 0 Å². The number of benzene rings is 1. The monoisotopic (exact) mass is 255 g/mol. The smallest absolute Gasteiger partial charge is 0.211 e. The molecule has 0 aliphatic rings. The fourth-order valence-corrected chi connectivity index (χ4v) is 3.60. The fraction of sp³-hybridized carbons (Fsp3) is 0.538. The van der Waals surface area contributed by atoms with Crippen LogP contribution in [0.2, 0.25) is 0 Å². The van der Waals surface area contributed by atoms with E-state index in [1.807, 2.05) is 46.8 Å². The third-order valence-electron chi connectivity index (χ3n) is 2.55. The molecule has 0 aliphatic heterocycles. The third kappa shape index (κ3) is 3.54. The van der Waals surface area contributed by atoms with E-state index in [1.165, 1.54) is 0 Å². The molecule has 1 aromatic carbocycles. The second kappa shape index (κ2) is 5.19. The zero-order chi connectivity index (χ0) is 13.2. The molecule has 0 unspecified atom stereocenters. The Bertz CT molecular complexity index is 481. The lowest BCUT2D eigenvalue weighted by atomic mass is 10.1. The van der Waals surface area contributed by atoms with Crippen LogP contribution in [0.5, 0.6) is 0 Å². The normalized spacial score (nSPS) is 12.1. The lowest BCUT2D eigenvalue weighted by Crippen LogP contribution is -2.28. The Morgan fingerprint density at radius 2 is 1.59 bits per heavy atom. The summed E-state index contributed by atoms with van der Waals surface area (Å²) in [6, 6.07) is 3.80. The molecular weight excluding hydrogens is 234 g/mol. The van der Waals surface area contributed by atoms with E-state index in [4.69, 9.17) is 0 Å². The van der Waals surface area contributed by atoms with Crippen molar-refractivity contribution in [2.45, 2.75) is 39.5 Å². The minimum atomic E-state index is -3.38. The van der Waals surface area contributed by atoms with Crippen molar-refractivity contribution in [2.24, 2.45) is 5.92 Å². The minimum absolute atomic E-state index is 0.302. The largest absolute Gasteiger partial charge is 0.241 e. The van der Waals surface area contributed by atoms with E-state index in [0.29, 0.717) is 17.4 Å². The number of aryl methyl sites for hydroxylation is 3. The SMILES string of the molecule is Cc1cc(C)c(S(=O)(=O)NCC(C)C)c(C)c1. The molecule has 4 heteroatoms. The first-order chi connectivity index (χ1) is 7.74. The minimum Gasteiger partial charge on any atom is -0.211 e. The summed E-state index contributed by atoms with van der Waals surface area (Å²) in [6.45, 7) is 10.1. The Balaban J connectivity index is 3.16. The van der Waals surface area contributed by atoms with Crippen molar-refractivity contribution >= 4 is 10.0 Å². The standard InChI is InChI=1S/C13H21NO2S/c1-9(2)8-14-17(15,16)13-11(4)6-10(3)7-12(13)5/h6-7,9,14H,8H2,1-5H3. The highest BCUT2D eigenvalue weighted by atomic mass is 32.2. The van der Waals surface area contributed by atoms with Crippen LogP contribution in [0.4, 0.5) is 0 Å². The molecule has 0 saturated carbocycles. The zero-order valence-corrected chi connectivity index (χ0v) is 12.0. The van der Waals surface area contributed by atoms with Crippen LogP contribution in [0, 0.1) is 26.7 Å². The Labute approximate surface area is 104 Å². The summed E-state index contributed by atoms with van der Waals surface area (Å²) < 4.78 is 27.0. The number of sulfonamides is 1. The van der Waals surface area contributed by atoms with E-state index < -0.39 is 10.0 Å². The highest BCUT2D eigenvalue weighted by Crippen LogP contribution is 2.21. The topological polar surface area (TPSA) is 46.2 Å². The highest BCUT2D eigenvalue weighted by Gasteiger charge is 2.19. The van der Waals surface area contributed by atoms with Gasteiger partial charge in [-0.05, 0) is 37.8 Å². The predicted molar refractivity (Wildman–Crippen MR) is 70.7 cm³/mol. The predicted octanol–water partition coefficient (Wildman–Crippen LogP) is 2.55. The molecule has 0 aliphatic carbocycles. The quantitative estimate of drug-likeness (QED) is 0.898. The Hall–Kier alpha value is -0.870. The summed E-state index contributed by atoms with van der Waals surface area (Å²) in [5.41, 5.74) is 2.69. The number of hydrogen-bond acceptors (Lipinski definition) is 2. The van der Waals surface area contributed by atoms with Gasteiger partial charge in [0.25, 0.3) is 0 Å². The molecule has 0 atom stereocenters. The van der Waals surface area contributed by atoms with Gasteiger partial charge in [-0.2, -0.15) is 0 Å². The summed E-state index contributed by atoms with van der Waals surface area (Å²) in [7, 11) is -3.38. The molecule has 0 aromatic heterocycles. The number of hydrogen-bond donors (Lipinski definition) is 1. The Kier molecular flexibility index (Phi) is 4.33. The van der Waals surface area contributed by atoms with E-state index in [-0.39, 0.29) is 0 Å². The number of rotatable bonds is 4. The van der Waals surface area contributed by atoms with E-state index in [2.05, 4.69) is 4.72 Å². The van der Waals surface area contributed by atoms with Crippen molar-refractivity contribution in [3.05, 3.63) is 28.8 Å². The lowest BCUT2D eigenvalue weighted by molar-refractivity contribution is 0.559. The molecule has 0 amide bonds. The van der Waals surface area contributed by atoms with Gasteiger partial charge in [0.2, 0.25) is 10.0 Å². The first-order valence-electron chi connectivity index (χ1n) is 5.81. The van der Waals surface area contributed by atoms with Gasteiger partial charge in [0.05, 0.1) is 4.90 Å². The molecular formula is C13H21NO2S. The van der Waals surface area contributed by atoms with Crippen LogP contribution in [-0.2, 0) is 10.0 Å². The molecule has 0 radical (unpaired) electrons. The molecule has 3 nitrogen and oxygen atoms in total. The van der Waals surface area contributed by atoms with E-state index in [0.717, 1.165) is 16.7 Å². The van der Waals surface area contributed by atoms with Crippen LogP contribution in [0.25, 0.3) is 0 Å². The average Bonchev–Trinajstić information content (AvgIpc) is 2.12. The molecule has 0 heterocycles. The first-order valence-corrected chi connectivity index (χ1v) is 7.30. The molecule has 0 bridgehead atoms. The van der Waals surface area contributed by atoms with Gasteiger partial charge in [-0.25, -0.2) is 13.1 Å². The van der Waals surface area contributed by atoms with Crippen LogP contribution in [0.3, 0.4) is 0 Å². The summed E-state index contributed by atoms with van der Waals surface area (Å²) >= 11 is 0. The molecule has 96 valence electrons. The van der Waals surface area contributed by atoms with Gasteiger partial charge in [0.15, 0.2) is 0 Å². The van der Waals surface area contributed by atoms with Crippen LogP contribution in [0.15, 0.2) is 17.0 Å². The van der Waals surface area contributed by atoms with Gasteiger partial charge >= 0.3 is 0 Å². The van der Waals surface area contributed by atoms with Crippen molar-refractivity contribution in [2.75, 3.05) is 6.54 Å². The number of nitrogens with one attached hydrogen (secondary N) is 1. The maximum atomic E-state index is 12.2. The summed E-state index contributed by atoms with van der Waals surface area (Å²) in [5.74, 6) is 0.302. The molecule has 1 rings (SSSR count). The van der Waals surface area contributed by atoms with Crippen LogP contribution < -0.4 is 4.72 Å². The van der Waals surface area contributed by atoms with Crippen LogP contribution in [-0.4, -0.2) is 15.0 Å². The van der Waals surface area contributed by atoms with Gasteiger partial charge in [0, 0.05) is 6.54 Å². The van der Waals surface area contributed by atoms with Crippen molar-refractivity contribution in [3.63, 3.8) is 0 Å². The van der Waals surface area contributed by atoms with E-state index >= 15 is 0 Å². The lowest BCUT2D eigenvalue weighted by Gasteiger charge is -2.14. The van der Waals surface area contributed by atoms with Gasteiger partial charge < -0.3 is 0 Å². The Morgan fingerprint density at radius 3 is 2.00 bits per heavy atom. The highest BCUT2D eigenvalue weighted by molar-refractivity contribution is 7.89. The molecule has 0 saturated heterocycles. The van der Waals surface area contributed by atoms with Crippen molar-refractivity contribution in [3.8, 4) is 0 Å². The van der Waals surface area contributed by atoms with Gasteiger partial charge in [-0.1, -0.05) is 31.5 Å². The Morgan fingerprint density at radius 1 is 1.12 bits per heavy atom. The first kappa shape index (κ1) is 14.2. The summed E-state index contributed by atoms with van der Waals surface area (Å²) in [6.07, 6.45) is 0. The summed E-state index contributed by atoms with van der Waals surface area (Å²) in [5, 5.41) is 0. The van der Waals surface area contributed by atoms with E-state index in [1.54, 1.807) is 0 Å². The summed E-state index contributed by atoms with van der Waals surface area (Å²) in [4.78, 5) is 0.420. The van der Waals surface area contributed by atoms with Crippen molar-refractivity contribution in [1.82, 2.24) is 4.72 Å². The second-order valence-corrected chi connectivity index (χ2v) is 6.68. The average molecular weight is 255 g/mol. The molecule has 0 spiro atoms. The maximum Gasteiger partial charge on any atom is 0.241 e. The second-order valence-electron chi connectivity index (χ2n) is 4.97. The van der Waals surface area contributed by atoms with Crippen molar-refractivity contribution < 1.29 is 8.42 Å². The molecule has 17 heavy (non-hydrogen) atoms. The van der Waals surface area contributed by atoms with Gasteiger partial charge in [0.1, 0.15) is 0 Å². The van der Waals surface area contributed by atoms with Crippen molar-refractivity contribution in [1.29, 1.82) is 0 Å². The third-order valence-corrected chi connectivity index (χ3v) is 4.28. The molecule has 1 aromatic rings. The molecule has 1 N–H and O–H groups in total. The maximum absolute atomic E-state index is 12.2. The molecule has 0 fully saturated rings. The zero-order valence-electron chi connectivity index (χ0n) is 11.2. The van der Waals surface area contributed by atoms with E-state index in [9.17, 15) is 8.42 Å². The fourth-order valence-electron chi connectivity index (χ4n) is 1.94. The van der Waals surface area contributed by atoms with Crippen LogP contribution >= 0.6 is 0 Å².